The molecule has 0 unspecified atom stereocenters. The zero-order chi connectivity index (χ0) is 20.8. The summed E-state index contributed by atoms with van der Waals surface area (Å²) in [7, 11) is 0. The summed E-state index contributed by atoms with van der Waals surface area (Å²) in [6.07, 6.45) is 7.51. The summed E-state index contributed by atoms with van der Waals surface area (Å²) < 4.78 is 5.79. The second-order valence-electron chi connectivity index (χ2n) is 8.60. The van der Waals surface area contributed by atoms with Crippen LogP contribution < -0.4 is 0 Å². The number of amides is 1. The van der Waals surface area contributed by atoms with Gasteiger partial charge in [-0.25, -0.2) is 0 Å². The first-order valence-electron chi connectivity index (χ1n) is 11.8. The predicted molar refractivity (Wildman–Crippen MR) is 127 cm³/mol. The van der Waals surface area contributed by atoms with E-state index in [1.165, 1.54) is 0 Å². The van der Waals surface area contributed by atoms with Gasteiger partial charge in [-0.3, -0.25) is 9.69 Å². The van der Waals surface area contributed by atoms with E-state index in [0.29, 0.717) is 24.3 Å². The summed E-state index contributed by atoms with van der Waals surface area (Å²) in [6, 6.07) is 0. The number of aliphatic hydroxyl groups excluding tert-OH is 1. The lowest BCUT2D eigenvalue weighted by atomic mass is 9.81. The molecule has 1 aliphatic carbocycles. The summed E-state index contributed by atoms with van der Waals surface area (Å²) in [4.78, 5) is 17.4. The normalized spacial score (nSPS) is 21.9. The Bertz CT molecular complexity index is 391. The van der Waals surface area contributed by atoms with Crippen molar-refractivity contribution in [1.82, 2.24) is 9.80 Å². The second-order valence-corrected chi connectivity index (χ2v) is 8.60. The van der Waals surface area contributed by atoms with E-state index < -0.39 is 0 Å². The third-order valence-corrected chi connectivity index (χ3v) is 5.82. The summed E-state index contributed by atoms with van der Waals surface area (Å²) in [5.74, 6) is 1.88. The predicted octanol–water partition coefficient (Wildman–Crippen LogP) is 3.61. The Balaban J connectivity index is 0. The van der Waals surface area contributed by atoms with E-state index in [-0.39, 0.29) is 18.8 Å². The molecule has 0 aromatic carbocycles. The van der Waals surface area contributed by atoms with Gasteiger partial charge in [0, 0.05) is 51.9 Å². The van der Waals surface area contributed by atoms with Crippen LogP contribution in [-0.4, -0.2) is 78.8 Å². The highest BCUT2D eigenvalue weighted by Gasteiger charge is 2.31. The number of unbranched alkanes of at least 4 members (excludes halogenated alkanes) is 2. The smallest absolute Gasteiger partial charge is 0.225 e. The molecule has 0 spiro atoms. The molecule has 0 aromatic heterocycles. The fraction of sp³-hybridized carbons (Fsp3) is 0.958. The Morgan fingerprint density at radius 2 is 1.60 bits per heavy atom. The molecule has 0 atom stereocenters. The van der Waals surface area contributed by atoms with Crippen molar-refractivity contribution in [1.29, 1.82) is 0 Å². The highest BCUT2D eigenvalue weighted by atomic mass is 16.5. The van der Waals surface area contributed by atoms with Crippen LogP contribution in [0.4, 0.5) is 0 Å². The van der Waals surface area contributed by atoms with Gasteiger partial charge in [-0.05, 0) is 63.3 Å². The number of rotatable bonds is 10. The minimum absolute atomic E-state index is 0. The van der Waals surface area contributed by atoms with Crippen molar-refractivity contribution in [3.05, 3.63) is 0 Å². The topological polar surface area (TPSA) is 84.5 Å². The first kappa shape index (κ1) is 31.5. The minimum atomic E-state index is 0. The van der Waals surface area contributed by atoms with Crippen molar-refractivity contribution in [2.24, 2.45) is 17.8 Å². The lowest BCUT2D eigenvalue weighted by molar-refractivity contribution is -0.138. The summed E-state index contributed by atoms with van der Waals surface area (Å²) in [5, 5.41) is 8.84. The summed E-state index contributed by atoms with van der Waals surface area (Å²) >= 11 is 0. The van der Waals surface area contributed by atoms with Crippen molar-refractivity contribution in [3.63, 3.8) is 0 Å². The number of carbonyl (C=O) groups is 1. The molecule has 6 heteroatoms. The maximum absolute atomic E-state index is 12.8. The maximum atomic E-state index is 12.8. The van der Waals surface area contributed by atoms with E-state index in [9.17, 15) is 4.79 Å². The molecular weight excluding hydrogens is 380 g/mol. The largest absolute Gasteiger partial charge is 0.412 e. The van der Waals surface area contributed by atoms with Gasteiger partial charge in [-0.2, -0.15) is 0 Å². The molecule has 2 aliphatic rings. The van der Waals surface area contributed by atoms with Crippen LogP contribution in [0.5, 0.6) is 0 Å². The number of hydrogen-bond acceptors (Lipinski definition) is 4. The molecule has 1 saturated carbocycles. The van der Waals surface area contributed by atoms with Gasteiger partial charge < -0.3 is 20.2 Å². The molecule has 30 heavy (non-hydrogen) atoms. The number of piperazine rings is 1. The number of aliphatic hydroxyl groups is 1. The molecule has 1 aliphatic heterocycles. The Morgan fingerprint density at radius 3 is 2.13 bits per heavy atom. The van der Waals surface area contributed by atoms with Gasteiger partial charge in [0.05, 0.1) is 0 Å². The SMILES string of the molecule is C.CC.CC(C)COCC1CCC(C(=O)N2CCN(CCCCCO)CC2)CC1.O. The van der Waals surface area contributed by atoms with Gasteiger partial charge >= 0.3 is 0 Å². The standard InChI is InChI=1S/C21H40N2O3.C2H6.CH4.H2O/c1-18(2)16-26-17-19-6-8-20(9-7-19)21(25)23-13-11-22(12-14-23)10-4-3-5-15-24;1-2;;/h18-20,24H,3-17H2,1-2H3;1-2H3;1H4;1H2. The molecule has 1 heterocycles. The molecule has 2 fully saturated rings. The van der Waals surface area contributed by atoms with Crippen molar-refractivity contribution in [2.75, 3.05) is 52.5 Å². The van der Waals surface area contributed by atoms with Gasteiger partial charge in [0.15, 0.2) is 0 Å². The van der Waals surface area contributed by atoms with E-state index in [2.05, 4.69) is 23.6 Å². The van der Waals surface area contributed by atoms with Crippen LogP contribution in [0.15, 0.2) is 0 Å². The minimum Gasteiger partial charge on any atom is -0.412 e. The lowest BCUT2D eigenvalue weighted by Gasteiger charge is -2.38. The van der Waals surface area contributed by atoms with Crippen LogP contribution >= 0.6 is 0 Å². The Kier molecular flexibility index (Phi) is 20.0. The molecule has 2 rings (SSSR count). The average Bonchev–Trinajstić information content (AvgIpc) is 2.73. The Labute approximate surface area is 186 Å². The van der Waals surface area contributed by atoms with Gasteiger partial charge in [-0.15, -0.1) is 0 Å². The van der Waals surface area contributed by atoms with Crippen LogP contribution in [0.25, 0.3) is 0 Å². The number of hydrogen-bond donors (Lipinski definition) is 1. The zero-order valence-electron chi connectivity index (χ0n) is 19.5. The van der Waals surface area contributed by atoms with E-state index >= 15 is 0 Å². The zero-order valence-corrected chi connectivity index (χ0v) is 19.5. The third-order valence-electron chi connectivity index (χ3n) is 5.82. The molecule has 1 saturated heterocycles. The quantitative estimate of drug-likeness (QED) is 0.534. The van der Waals surface area contributed by atoms with E-state index in [1.54, 1.807) is 0 Å². The highest BCUT2D eigenvalue weighted by Crippen LogP contribution is 2.30. The third kappa shape index (κ3) is 12.2. The summed E-state index contributed by atoms with van der Waals surface area (Å²) in [5.41, 5.74) is 0. The monoisotopic (exact) mass is 432 g/mol. The van der Waals surface area contributed by atoms with Gasteiger partial charge in [0.1, 0.15) is 0 Å². The Hall–Kier alpha value is -0.690. The first-order chi connectivity index (χ1) is 13.6. The van der Waals surface area contributed by atoms with Gasteiger partial charge in [0.2, 0.25) is 5.91 Å². The van der Waals surface area contributed by atoms with E-state index in [0.717, 1.165) is 90.9 Å². The Morgan fingerprint density at radius 1 is 1.00 bits per heavy atom. The molecule has 0 aromatic rings. The molecule has 0 radical (unpaired) electrons. The van der Waals surface area contributed by atoms with Crippen LogP contribution in [-0.2, 0) is 9.53 Å². The second kappa shape index (κ2) is 19.0. The number of nitrogens with zero attached hydrogens (tertiary/aromatic N) is 2. The fourth-order valence-corrected chi connectivity index (χ4v) is 4.12. The molecule has 1 amide bonds. The molecule has 3 N–H and O–H groups in total. The van der Waals surface area contributed by atoms with Crippen LogP contribution in [0.1, 0.15) is 80.1 Å². The first-order valence-corrected chi connectivity index (χ1v) is 11.8. The van der Waals surface area contributed by atoms with E-state index in [4.69, 9.17) is 9.84 Å². The summed E-state index contributed by atoms with van der Waals surface area (Å²) in [6.45, 7) is 15.3. The van der Waals surface area contributed by atoms with Crippen molar-refractivity contribution >= 4 is 5.91 Å². The maximum Gasteiger partial charge on any atom is 0.225 e. The van der Waals surface area contributed by atoms with E-state index in [1.807, 2.05) is 13.8 Å². The number of ether oxygens (including phenoxy) is 1. The van der Waals surface area contributed by atoms with Crippen LogP contribution in [0.3, 0.4) is 0 Å². The molecule has 0 bridgehead atoms. The average molecular weight is 433 g/mol. The fourth-order valence-electron chi connectivity index (χ4n) is 4.12. The van der Waals surface area contributed by atoms with Gasteiger partial charge in [0.25, 0.3) is 0 Å². The van der Waals surface area contributed by atoms with Crippen molar-refractivity contribution in [2.45, 2.75) is 80.1 Å². The van der Waals surface area contributed by atoms with Crippen molar-refractivity contribution in [3.8, 4) is 0 Å². The van der Waals surface area contributed by atoms with Crippen LogP contribution in [0, 0.1) is 17.8 Å². The molecular formula is C24H52N2O4. The number of carbonyl (C=O) groups excluding carboxylic acids is 1. The molecule has 6 nitrogen and oxygen atoms in total. The van der Waals surface area contributed by atoms with Crippen LogP contribution in [0.2, 0.25) is 0 Å². The van der Waals surface area contributed by atoms with Crippen molar-refractivity contribution < 1.29 is 20.1 Å². The van der Waals surface area contributed by atoms with Gasteiger partial charge in [-0.1, -0.05) is 35.1 Å². The lowest BCUT2D eigenvalue weighted by Crippen LogP contribution is -2.50. The molecule has 182 valence electrons. The highest BCUT2D eigenvalue weighted by molar-refractivity contribution is 5.79.